The van der Waals surface area contributed by atoms with E-state index in [-0.39, 0.29) is 6.10 Å². The molecule has 0 bridgehead atoms. The molecule has 0 heterocycles. The number of rotatable bonds is 5. The third-order valence-electron chi connectivity index (χ3n) is 1.77. The van der Waals surface area contributed by atoms with Crippen molar-refractivity contribution in [2.45, 2.75) is 26.0 Å². The third kappa shape index (κ3) is 3.38. The summed E-state index contributed by atoms with van der Waals surface area (Å²) in [6, 6.07) is 9.25. The average Bonchev–Trinajstić information content (AvgIpc) is 2.16. The maximum absolute atomic E-state index is 5.71. The van der Waals surface area contributed by atoms with Crippen LogP contribution in [0.1, 0.15) is 19.4 Å². The smallest absolute Gasteiger partial charge is 0.122 e. The highest BCUT2D eigenvalue weighted by molar-refractivity contribution is 6.41. The number of para-hydroxylation sites is 1. The maximum Gasteiger partial charge on any atom is 0.122 e. The van der Waals surface area contributed by atoms with Crippen LogP contribution in [-0.2, 0) is 6.04 Å². The first-order valence-corrected chi connectivity index (χ1v) is 6.11. The number of hydrogen-bond donors (Lipinski definition) is 0. The zero-order valence-electron chi connectivity index (χ0n) is 8.79. The number of benzene rings is 1. The molecule has 0 fully saturated rings. The second-order valence-electron chi connectivity index (χ2n) is 3.36. The van der Waals surface area contributed by atoms with E-state index in [9.17, 15) is 0 Å². The van der Waals surface area contributed by atoms with Crippen molar-refractivity contribution in [3.05, 3.63) is 42.1 Å². The van der Waals surface area contributed by atoms with E-state index in [2.05, 4.69) is 18.7 Å². The summed E-state index contributed by atoms with van der Waals surface area (Å²) in [5.41, 5.74) is 3.24. The molecule has 0 atom stereocenters. The normalized spacial score (nSPS) is 10.2. The lowest BCUT2D eigenvalue weighted by atomic mass is 10.2. The fourth-order valence-corrected chi connectivity index (χ4v) is 1.86. The Morgan fingerprint density at radius 3 is 2.79 bits per heavy atom. The zero-order chi connectivity index (χ0) is 10.4. The van der Waals surface area contributed by atoms with Gasteiger partial charge >= 0.3 is 0 Å². The molecule has 1 rings (SSSR count). The molecule has 2 radical (unpaired) electrons. The highest BCUT2D eigenvalue weighted by atomic mass is 28.2. The molecule has 0 N–H and O–H groups in total. The summed E-state index contributed by atoms with van der Waals surface area (Å²) in [6.07, 6.45) is 0.239. The zero-order valence-corrected chi connectivity index (χ0v) is 9.79. The van der Waals surface area contributed by atoms with Crippen LogP contribution in [0, 0.1) is 0 Å². The Kier molecular flexibility index (Phi) is 4.46. The summed E-state index contributed by atoms with van der Waals surface area (Å²) in [6.45, 7) is 7.83. The largest absolute Gasteiger partial charge is 0.491 e. The molecule has 0 unspecified atom stereocenters. The van der Waals surface area contributed by atoms with E-state index in [0.717, 1.165) is 21.3 Å². The summed E-state index contributed by atoms with van der Waals surface area (Å²) >= 11 is 0. The van der Waals surface area contributed by atoms with Gasteiger partial charge in [0.05, 0.1) is 15.6 Å². The van der Waals surface area contributed by atoms with Gasteiger partial charge in [-0.3, -0.25) is 0 Å². The van der Waals surface area contributed by atoms with Crippen molar-refractivity contribution in [1.82, 2.24) is 0 Å². The Morgan fingerprint density at radius 2 is 2.14 bits per heavy atom. The lowest BCUT2D eigenvalue weighted by Crippen LogP contribution is -2.08. The fraction of sp³-hybridized carbons (Fsp3) is 0.333. The van der Waals surface area contributed by atoms with Crippen molar-refractivity contribution in [2.24, 2.45) is 0 Å². The number of ether oxygens (including phenoxy) is 1. The Morgan fingerprint density at radius 1 is 1.43 bits per heavy atom. The van der Waals surface area contributed by atoms with E-state index in [1.54, 1.807) is 0 Å². The molecule has 1 aromatic carbocycles. The molecular weight excluding hydrogens is 188 g/mol. The Bertz CT molecular complexity index is 294. The van der Waals surface area contributed by atoms with E-state index in [1.165, 1.54) is 5.56 Å². The van der Waals surface area contributed by atoms with E-state index in [1.807, 2.05) is 31.7 Å². The fourth-order valence-electron chi connectivity index (χ4n) is 1.20. The number of hydrogen-bond acceptors (Lipinski definition) is 1. The molecule has 0 spiro atoms. The average molecular weight is 204 g/mol. The minimum atomic E-state index is 0.239. The Balaban J connectivity index is 2.74. The van der Waals surface area contributed by atoms with Crippen molar-refractivity contribution in [3.8, 4) is 5.75 Å². The van der Waals surface area contributed by atoms with Crippen molar-refractivity contribution in [2.75, 3.05) is 0 Å². The van der Waals surface area contributed by atoms with Crippen molar-refractivity contribution < 1.29 is 4.74 Å². The predicted molar refractivity (Wildman–Crippen MR) is 61.9 cm³/mol. The summed E-state index contributed by atoms with van der Waals surface area (Å²) < 4.78 is 5.71. The minimum absolute atomic E-state index is 0.239. The molecule has 0 saturated heterocycles. The van der Waals surface area contributed by atoms with Crippen molar-refractivity contribution in [3.63, 3.8) is 0 Å². The van der Waals surface area contributed by atoms with Gasteiger partial charge in [0.1, 0.15) is 5.75 Å². The molecule has 0 aliphatic heterocycles. The van der Waals surface area contributed by atoms with Crippen molar-refractivity contribution in [1.29, 1.82) is 0 Å². The van der Waals surface area contributed by atoms with Crippen LogP contribution in [0.2, 0.25) is 0 Å². The quantitative estimate of drug-likeness (QED) is 0.670. The highest BCUT2D eigenvalue weighted by Gasteiger charge is 2.03. The molecule has 1 aromatic rings. The topological polar surface area (TPSA) is 9.23 Å². The van der Waals surface area contributed by atoms with Gasteiger partial charge < -0.3 is 4.74 Å². The second kappa shape index (κ2) is 5.65. The van der Waals surface area contributed by atoms with Crippen LogP contribution in [0.5, 0.6) is 5.75 Å². The molecular formula is C12H16OSi. The highest BCUT2D eigenvalue weighted by Crippen LogP contribution is 2.19. The second-order valence-corrected chi connectivity index (χ2v) is 4.53. The summed E-state index contributed by atoms with van der Waals surface area (Å²) in [5.74, 6) is 1.01. The molecule has 74 valence electrons. The van der Waals surface area contributed by atoms with Crippen LogP contribution in [0.25, 0.3) is 0 Å². The van der Waals surface area contributed by atoms with Gasteiger partial charge in [-0.2, -0.15) is 0 Å². The van der Waals surface area contributed by atoms with Gasteiger partial charge in [0, 0.05) is 0 Å². The molecule has 1 nitrogen and oxygen atoms in total. The summed E-state index contributed by atoms with van der Waals surface area (Å²) in [4.78, 5) is 0. The van der Waals surface area contributed by atoms with Gasteiger partial charge in [0.15, 0.2) is 0 Å². The van der Waals surface area contributed by atoms with Gasteiger partial charge in [-0.05, 0) is 31.5 Å². The molecule has 0 aromatic heterocycles. The van der Waals surface area contributed by atoms with Gasteiger partial charge in [0.2, 0.25) is 0 Å². The first-order chi connectivity index (χ1) is 6.74. The van der Waals surface area contributed by atoms with Crippen LogP contribution in [-0.4, -0.2) is 15.6 Å². The predicted octanol–water partition coefficient (Wildman–Crippen LogP) is 2.82. The standard InChI is InChI=1S/C12H16OSi/c1-4-14-9-11-7-5-6-8-12(11)13-10(2)3/h4-8,10H,1,9H2,2-3H3. The maximum atomic E-state index is 5.71. The molecule has 14 heavy (non-hydrogen) atoms. The summed E-state index contributed by atoms with van der Waals surface area (Å²) in [7, 11) is 0.769. The van der Waals surface area contributed by atoms with E-state index in [4.69, 9.17) is 4.74 Å². The third-order valence-corrected chi connectivity index (χ3v) is 2.65. The minimum Gasteiger partial charge on any atom is -0.491 e. The molecule has 0 saturated carbocycles. The SMILES string of the molecule is C=C[Si]Cc1ccccc1OC(C)C. The van der Waals surface area contributed by atoms with Gasteiger partial charge in [-0.25, -0.2) is 0 Å². The van der Waals surface area contributed by atoms with E-state index in [0.29, 0.717) is 0 Å². The van der Waals surface area contributed by atoms with Gasteiger partial charge in [-0.15, -0.1) is 12.3 Å². The van der Waals surface area contributed by atoms with Crippen LogP contribution in [0.4, 0.5) is 0 Å². The Hall–Kier alpha value is -1.02. The molecule has 2 heteroatoms. The van der Waals surface area contributed by atoms with Crippen molar-refractivity contribution >= 4 is 9.52 Å². The lowest BCUT2D eigenvalue weighted by Gasteiger charge is -2.13. The van der Waals surface area contributed by atoms with E-state index >= 15 is 0 Å². The van der Waals surface area contributed by atoms with Gasteiger partial charge in [-0.1, -0.05) is 18.2 Å². The Labute approximate surface area is 88.6 Å². The van der Waals surface area contributed by atoms with Gasteiger partial charge in [0.25, 0.3) is 0 Å². The first-order valence-electron chi connectivity index (χ1n) is 4.83. The van der Waals surface area contributed by atoms with Crippen LogP contribution < -0.4 is 4.74 Å². The monoisotopic (exact) mass is 204 g/mol. The van der Waals surface area contributed by atoms with Crippen LogP contribution >= 0.6 is 0 Å². The molecule has 0 aliphatic rings. The lowest BCUT2D eigenvalue weighted by molar-refractivity contribution is 0.240. The first kappa shape index (κ1) is 11.1. The molecule has 0 aliphatic carbocycles. The van der Waals surface area contributed by atoms with Crippen LogP contribution in [0.15, 0.2) is 36.5 Å². The van der Waals surface area contributed by atoms with Crippen LogP contribution in [0.3, 0.4) is 0 Å². The summed E-state index contributed by atoms with van der Waals surface area (Å²) in [5, 5.41) is 0. The molecule has 0 amide bonds. The van der Waals surface area contributed by atoms with E-state index < -0.39 is 0 Å².